The van der Waals surface area contributed by atoms with Gasteiger partial charge in [-0.05, 0) is 78.6 Å². The molecule has 2 unspecified atom stereocenters. The fourth-order valence-corrected chi connectivity index (χ4v) is 6.13. The van der Waals surface area contributed by atoms with Gasteiger partial charge in [0.05, 0.1) is 22.1 Å². The lowest BCUT2D eigenvalue weighted by Gasteiger charge is -2.36. The van der Waals surface area contributed by atoms with Crippen LogP contribution >= 0.6 is 11.6 Å². The first-order valence-electron chi connectivity index (χ1n) is 14.2. The molecule has 1 saturated carbocycles. The second kappa shape index (κ2) is 13.5. The minimum atomic E-state index is -2.13. The van der Waals surface area contributed by atoms with Crippen LogP contribution in [0.4, 0.5) is 20.7 Å². The van der Waals surface area contributed by atoms with E-state index in [1.807, 2.05) is 19.1 Å². The fraction of sp³-hybridized carbons (Fsp3) is 0.400. The van der Waals surface area contributed by atoms with Gasteiger partial charge < -0.3 is 14.8 Å². The Kier molecular flexibility index (Phi) is 9.70. The average molecular weight is 629 g/mol. The molecule has 1 aromatic carbocycles. The summed E-state index contributed by atoms with van der Waals surface area (Å²) in [7, 11) is 0. The van der Waals surface area contributed by atoms with Gasteiger partial charge in [0.15, 0.2) is 11.1 Å². The zero-order valence-corrected chi connectivity index (χ0v) is 25.2. The van der Waals surface area contributed by atoms with E-state index in [1.54, 1.807) is 36.7 Å². The molecular weight excluding hydrogens is 595 g/mol. The number of amides is 3. The van der Waals surface area contributed by atoms with Gasteiger partial charge in [0, 0.05) is 25.1 Å². The highest BCUT2D eigenvalue weighted by Crippen LogP contribution is 2.42. The summed E-state index contributed by atoms with van der Waals surface area (Å²) in [5.74, 6) is -0.467. The van der Waals surface area contributed by atoms with Gasteiger partial charge in [-0.15, -0.1) is 0 Å². The van der Waals surface area contributed by atoms with Crippen LogP contribution in [0, 0.1) is 17.7 Å². The van der Waals surface area contributed by atoms with Crippen LogP contribution in [0.1, 0.15) is 50.2 Å². The van der Waals surface area contributed by atoms with Gasteiger partial charge >= 0.3 is 6.03 Å². The summed E-state index contributed by atoms with van der Waals surface area (Å²) in [5, 5.41) is 9.11. The van der Waals surface area contributed by atoms with E-state index in [4.69, 9.17) is 11.6 Å². The highest BCUT2D eigenvalue weighted by atomic mass is 35.5. The third-order valence-electron chi connectivity index (χ3n) is 8.05. The van der Waals surface area contributed by atoms with E-state index >= 15 is 4.39 Å². The number of carbonyl (C=O) groups excluding carboxylic acids is 2. The lowest BCUT2D eigenvalue weighted by molar-refractivity contribution is -0.119. The molecule has 1 saturated heterocycles. The lowest BCUT2D eigenvalue weighted by Crippen LogP contribution is -2.46. The number of likely N-dealkylation sites (tertiary alicyclic amines) is 1. The summed E-state index contributed by atoms with van der Waals surface area (Å²) < 4.78 is 36.7. The van der Waals surface area contributed by atoms with Gasteiger partial charge in [0.2, 0.25) is 5.91 Å². The van der Waals surface area contributed by atoms with Crippen LogP contribution in [0.2, 0.25) is 5.02 Å². The summed E-state index contributed by atoms with van der Waals surface area (Å²) in [4.78, 5) is 36.3. The number of urea groups is 1. The van der Waals surface area contributed by atoms with Gasteiger partial charge in [0.25, 0.3) is 0 Å². The van der Waals surface area contributed by atoms with Crippen molar-refractivity contribution in [1.29, 1.82) is 0 Å². The molecule has 4 atom stereocenters. The van der Waals surface area contributed by atoms with Crippen LogP contribution in [0.3, 0.4) is 0 Å². The first-order chi connectivity index (χ1) is 20.6. The monoisotopic (exact) mass is 628 g/mol. The largest absolute Gasteiger partial charge is 0.323 e. The molecule has 228 valence electrons. The molecule has 10 nitrogen and oxygen atoms in total. The number of hydrogen-bond acceptors (Lipinski definition) is 6. The molecule has 1 aliphatic carbocycles. The maximum atomic E-state index is 15.3. The highest BCUT2D eigenvalue weighted by Gasteiger charge is 2.40. The second-order valence-corrected chi connectivity index (χ2v) is 12.6. The quantitative estimate of drug-likeness (QED) is 0.210. The van der Waals surface area contributed by atoms with Gasteiger partial charge in [0.1, 0.15) is 17.7 Å². The average Bonchev–Trinajstić information content (AvgIpc) is 3.74. The first-order valence-corrected chi connectivity index (χ1v) is 15.8. The van der Waals surface area contributed by atoms with Crippen LogP contribution in [0.5, 0.6) is 0 Å². The highest BCUT2D eigenvalue weighted by molar-refractivity contribution is 7.79. The SMILES string of the molecule is C[C@@H]1C[C@H](C(=O)Nc2cc(C(CCC3CC3)(NCS(=O)O)c3ccncc3)ccc2F)N(C(=O)Nc2ccc(Cl)cn2)C1. The number of anilines is 2. The van der Waals surface area contributed by atoms with Crippen LogP contribution < -0.4 is 16.0 Å². The van der Waals surface area contributed by atoms with E-state index in [9.17, 15) is 18.4 Å². The maximum Gasteiger partial charge on any atom is 0.323 e. The molecule has 2 aromatic heterocycles. The summed E-state index contributed by atoms with van der Waals surface area (Å²) in [6, 6.07) is 9.96. The molecule has 0 radical (unpaired) electrons. The van der Waals surface area contributed by atoms with Gasteiger partial charge in [-0.25, -0.2) is 18.4 Å². The van der Waals surface area contributed by atoms with Gasteiger partial charge in [-0.1, -0.05) is 37.4 Å². The van der Waals surface area contributed by atoms with Crippen LogP contribution in [0.15, 0.2) is 61.1 Å². The number of rotatable bonds is 11. The molecule has 0 bridgehead atoms. The number of hydrogen-bond donors (Lipinski definition) is 4. The number of benzene rings is 1. The molecule has 1 aliphatic heterocycles. The number of nitrogens with zero attached hydrogens (tertiary/aromatic N) is 3. The number of nitrogens with one attached hydrogen (secondary N) is 3. The van der Waals surface area contributed by atoms with Crippen molar-refractivity contribution in [3.8, 4) is 0 Å². The summed E-state index contributed by atoms with van der Waals surface area (Å²) in [6.45, 7) is 2.28. The molecule has 43 heavy (non-hydrogen) atoms. The minimum Gasteiger partial charge on any atom is -0.322 e. The van der Waals surface area contributed by atoms with E-state index in [0.29, 0.717) is 41.7 Å². The third kappa shape index (κ3) is 7.56. The number of aromatic nitrogens is 2. The maximum absolute atomic E-state index is 15.3. The van der Waals surface area contributed by atoms with E-state index in [-0.39, 0.29) is 17.5 Å². The standard InChI is InChI=1S/C30H34ClFN6O4S/c1-19-14-26(38(17-19)29(40)37-27-7-5-23(31)16-34-27)28(39)36-25-15-22(4-6-24(25)32)30(35-18-43(41)42,11-8-20-2-3-20)21-9-12-33-13-10-21/h4-7,9-10,12-13,15-16,19-20,26,35H,2-3,8,11,14,17-18H2,1H3,(H,36,39)(H,41,42)(H,34,37,40)/t19-,26-,30?/m1/s1. The molecule has 3 aromatic rings. The molecule has 13 heteroatoms. The Morgan fingerprint density at radius 2 is 1.91 bits per heavy atom. The summed E-state index contributed by atoms with van der Waals surface area (Å²) in [5.41, 5.74) is 0.459. The fourth-order valence-electron chi connectivity index (χ4n) is 5.65. The molecule has 2 fully saturated rings. The molecule has 3 amide bonds. The minimum absolute atomic E-state index is 0.0428. The van der Waals surface area contributed by atoms with Crippen molar-refractivity contribution in [2.45, 2.75) is 50.6 Å². The molecule has 2 aliphatic rings. The van der Waals surface area contributed by atoms with E-state index < -0.39 is 40.4 Å². The van der Waals surface area contributed by atoms with Crippen LogP contribution in [-0.4, -0.2) is 54.0 Å². The first kappa shape index (κ1) is 31.0. The van der Waals surface area contributed by atoms with Crippen molar-refractivity contribution in [3.05, 3.63) is 83.0 Å². The van der Waals surface area contributed by atoms with Gasteiger partial charge in [-0.2, -0.15) is 0 Å². The molecular formula is C30H34ClFN6O4S. The molecule has 4 N–H and O–H groups in total. The zero-order valence-electron chi connectivity index (χ0n) is 23.6. The summed E-state index contributed by atoms with van der Waals surface area (Å²) >= 11 is 3.76. The Bertz CT molecular complexity index is 1480. The van der Waals surface area contributed by atoms with Crippen molar-refractivity contribution in [1.82, 2.24) is 20.2 Å². The predicted molar refractivity (Wildman–Crippen MR) is 163 cm³/mol. The summed E-state index contributed by atoms with van der Waals surface area (Å²) in [6.07, 6.45) is 8.80. The second-order valence-electron chi connectivity index (χ2n) is 11.3. The normalized spacial score (nSPS) is 20.3. The zero-order chi connectivity index (χ0) is 30.6. The Balaban J connectivity index is 1.42. The smallest absolute Gasteiger partial charge is 0.322 e. The van der Waals surface area contributed by atoms with Crippen molar-refractivity contribution in [3.63, 3.8) is 0 Å². The molecule has 0 spiro atoms. The topological polar surface area (TPSA) is 137 Å². The Hall–Kier alpha value is -3.45. The van der Waals surface area contributed by atoms with Crippen molar-refractivity contribution in [2.75, 3.05) is 23.1 Å². The number of carbonyl (C=O) groups is 2. The third-order valence-corrected chi connectivity index (χ3v) is 8.66. The number of halogens is 2. The Labute approximate surface area is 257 Å². The molecule has 5 rings (SSSR count). The van der Waals surface area contributed by atoms with Crippen LogP contribution in [0.25, 0.3) is 0 Å². The predicted octanol–water partition coefficient (Wildman–Crippen LogP) is 5.35. The Morgan fingerprint density at radius 1 is 1.14 bits per heavy atom. The van der Waals surface area contributed by atoms with E-state index in [1.165, 1.54) is 17.2 Å². The number of pyridine rings is 2. The van der Waals surface area contributed by atoms with Crippen molar-refractivity contribution < 1.29 is 22.7 Å². The van der Waals surface area contributed by atoms with Gasteiger partial charge in [-0.3, -0.25) is 20.4 Å². The Morgan fingerprint density at radius 3 is 2.58 bits per heavy atom. The molecule has 3 heterocycles. The van der Waals surface area contributed by atoms with Crippen molar-refractivity contribution >= 4 is 46.1 Å². The lowest BCUT2D eigenvalue weighted by atomic mass is 9.79. The van der Waals surface area contributed by atoms with E-state index in [0.717, 1.165) is 24.8 Å². The van der Waals surface area contributed by atoms with Crippen LogP contribution in [-0.2, 0) is 21.4 Å². The van der Waals surface area contributed by atoms with E-state index in [2.05, 4.69) is 25.9 Å². The van der Waals surface area contributed by atoms with Crippen molar-refractivity contribution in [2.24, 2.45) is 11.8 Å².